The van der Waals surface area contributed by atoms with Crippen LogP contribution in [0.15, 0.2) is 42.7 Å². The molecule has 1 aromatic heterocycles. The van der Waals surface area contributed by atoms with Gasteiger partial charge in [0.2, 0.25) is 29.3 Å². The molecular formula is C18H15IN2O2. The molecule has 23 heavy (non-hydrogen) atoms. The predicted molar refractivity (Wildman–Crippen MR) is 82.1 cm³/mol. The molecule has 0 fully saturated rings. The number of benzene rings is 2. The summed E-state index contributed by atoms with van der Waals surface area (Å²) in [6, 6.07) is 11.5. The van der Waals surface area contributed by atoms with Crippen molar-refractivity contribution in [3.05, 3.63) is 65.2 Å². The molecule has 0 saturated carbocycles. The van der Waals surface area contributed by atoms with Gasteiger partial charge in [0.15, 0.2) is 0 Å². The summed E-state index contributed by atoms with van der Waals surface area (Å²) in [6.07, 6.45) is 1.81. The molecule has 4 rings (SSSR count). The Balaban J connectivity index is 0.00000156. The fourth-order valence-corrected chi connectivity index (χ4v) is 3.24. The van der Waals surface area contributed by atoms with Gasteiger partial charge in [-0.25, -0.2) is 9.13 Å². The lowest BCUT2D eigenvalue weighted by atomic mass is 9.87. The Hall–Kier alpha value is -2.02. The van der Waals surface area contributed by atoms with Gasteiger partial charge in [-0.05, 0) is 29.8 Å². The third kappa shape index (κ3) is 2.14. The van der Waals surface area contributed by atoms with E-state index in [1.54, 1.807) is 4.57 Å². The quantitative estimate of drug-likeness (QED) is 0.302. The molecular weight excluding hydrogens is 403 g/mol. The van der Waals surface area contributed by atoms with Crippen LogP contribution in [0.1, 0.15) is 39.0 Å². The molecule has 0 saturated heterocycles. The summed E-state index contributed by atoms with van der Waals surface area (Å²) >= 11 is 0. The Bertz CT molecular complexity index is 973. The van der Waals surface area contributed by atoms with Crippen LogP contribution in [0, 0.1) is 0 Å². The van der Waals surface area contributed by atoms with Crippen molar-refractivity contribution < 1.29 is 38.1 Å². The van der Waals surface area contributed by atoms with Gasteiger partial charge >= 0.3 is 0 Å². The van der Waals surface area contributed by atoms with E-state index < -0.39 is 0 Å². The number of nitrogens with zero attached hydrogens (tertiary/aromatic N) is 2. The molecule has 116 valence electrons. The number of halogens is 1. The molecule has 1 aliphatic rings. The monoisotopic (exact) mass is 418 g/mol. The van der Waals surface area contributed by atoms with Crippen LogP contribution >= 0.6 is 0 Å². The molecule has 4 nitrogen and oxygen atoms in total. The summed E-state index contributed by atoms with van der Waals surface area (Å²) < 4.78 is 3.59. The number of aryl methyl sites for hydroxylation is 2. The largest absolute Gasteiger partial charge is 1.00 e. The first-order valence-electron chi connectivity index (χ1n) is 7.32. The summed E-state index contributed by atoms with van der Waals surface area (Å²) in [5.41, 5.74) is 1.98. The van der Waals surface area contributed by atoms with E-state index in [-0.39, 0.29) is 35.5 Å². The van der Waals surface area contributed by atoms with Crippen LogP contribution in [0.2, 0.25) is 0 Å². The van der Waals surface area contributed by atoms with Gasteiger partial charge < -0.3 is 24.0 Å². The van der Waals surface area contributed by atoms with Crippen molar-refractivity contribution in [2.24, 2.45) is 7.05 Å². The topological polar surface area (TPSA) is 43.0 Å². The van der Waals surface area contributed by atoms with E-state index in [9.17, 15) is 9.59 Å². The maximum atomic E-state index is 12.9. The van der Waals surface area contributed by atoms with E-state index in [0.29, 0.717) is 29.1 Å². The average molecular weight is 418 g/mol. The van der Waals surface area contributed by atoms with Gasteiger partial charge in [-0.2, -0.15) is 0 Å². The fourth-order valence-electron chi connectivity index (χ4n) is 3.24. The van der Waals surface area contributed by atoms with Crippen LogP contribution < -0.4 is 28.5 Å². The molecule has 0 radical (unpaired) electrons. The van der Waals surface area contributed by atoms with E-state index in [2.05, 4.69) is 0 Å². The number of aromatic nitrogens is 2. The van der Waals surface area contributed by atoms with Crippen LogP contribution in [0.5, 0.6) is 0 Å². The minimum atomic E-state index is -0.0787. The zero-order chi connectivity index (χ0) is 15.4. The van der Waals surface area contributed by atoms with Crippen molar-refractivity contribution >= 4 is 22.3 Å². The lowest BCUT2D eigenvalue weighted by Crippen LogP contribution is -3.00. The molecule has 0 bridgehead atoms. The second kappa shape index (κ2) is 5.56. The van der Waals surface area contributed by atoms with E-state index in [1.165, 1.54) is 0 Å². The number of rotatable bonds is 1. The van der Waals surface area contributed by atoms with Crippen molar-refractivity contribution in [2.75, 3.05) is 0 Å². The molecule has 0 atom stereocenters. The van der Waals surface area contributed by atoms with E-state index in [0.717, 1.165) is 10.8 Å². The third-order valence-electron chi connectivity index (χ3n) is 4.32. The second-order valence-corrected chi connectivity index (χ2v) is 5.61. The van der Waals surface area contributed by atoms with Crippen molar-refractivity contribution in [1.29, 1.82) is 0 Å². The molecule has 3 aromatic rings. The number of fused-ring (bicyclic) bond motifs is 3. The van der Waals surface area contributed by atoms with Crippen molar-refractivity contribution in [3.63, 3.8) is 0 Å². The van der Waals surface area contributed by atoms with E-state index in [4.69, 9.17) is 0 Å². The smallest absolute Gasteiger partial charge is 0.244 e. The van der Waals surface area contributed by atoms with Crippen molar-refractivity contribution in [2.45, 2.75) is 13.5 Å². The Morgan fingerprint density at radius 3 is 2.13 bits per heavy atom. The number of hydrogen-bond acceptors (Lipinski definition) is 2. The lowest BCUT2D eigenvalue weighted by molar-refractivity contribution is -0.672. The second-order valence-electron chi connectivity index (χ2n) is 5.61. The summed E-state index contributed by atoms with van der Waals surface area (Å²) in [5.74, 6) is -0.150. The van der Waals surface area contributed by atoms with Gasteiger partial charge in [0.25, 0.3) is 0 Å². The van der Waals surface area contributed by atoms with Crippen LogP contribution in [0.4, 0.5) is 0 Å². The zero-order valence-electron chi connectivity index (χ0n) is 12.8. The summed E-state index contributed by atoms with van der Waals surface area (Å²) in [4.78, 5) is 25.8. The van der Waals surface area contributed by atoms with Crippen molar-refractivity contribution in [3.8, 4) is 0 Å². The Labute approximate surface area is 150 Å². The van der Waals surface area contributed by atoms with Gasteiger partial charge in [-0.1, -0.05) is 24.3 Å². The van der Waals surface area contributed by atoms with Gasteiger partial charge in [-0.3, -0.25) is 9.59 Å². The van der Waals surface area contributed by atoms with Gasteiger partial charge in [-0.15, -0.1) is 0 Å². The average Bonchev–Trinajstić information content (AvgIpc) is 2.88. The van der Waals surface area contributed by atoms with Crippen LogP contribution in [-0.2, 0) is 13.6 Å². The number of carbonyl (C=O) groups excluding carboxylic acids is 2. The lowest BCUT2D eigenvalue weighted by Gasteiger charge is -2.13. The highest BCUT2D eigenvalue weighted by molar-refractivity contribution is 6.27. The fraction of sp³-hybridized carbons (Fsp3) is 0.167. The highest BCUT2D eigenvalue weighted by atomic mass is 127. The molecule has 0 spiro atoms. The van der Waals surface area contributed by atoms with Crippen molar-refractivity contribution in [1.82, 2.24) is 4.57 Å². The maximum Gasteiger partial charge on any atom is 0.244 e. The number of hydrogen-bond donors (Lipinski definition) is 0. The SMILES string of the molecule is CCn1c[n+](C)c2c1C(=O)c1cc3ccccc3cc1C2=O.[I-]. The summed E-state index contributed by atoms with van der Waals surface area (Å²) in [5, 5.41) is 1.95. The summed E-state index contributed by atoms with van der Waals surface area (Å²) in [6.45, 7) is 2.62. The molecule has 0 unspecified atom stereocenters. The molecule has 5 heteroatoms. The molecule has 0 N–H and O–H groups in total. The van der Waals surface area contributed by atoms with Crippen LogP contribution in [0.3, 0.4) is 0 Å². The first-order valence-corrected chi connectivity index (χ1v) is 7.32. The molecule has 0 aliphatic heterocycles. The van der Waals surface area contributed by atoms with E-state index in [1.807, 2.05) is 61.3 Å². The number of carbonyl (C=O) groups is 2. The minimum absolute atomic E-state index is 0. The van der Waals surface area contributed by atoms with Gasteiger partial charge in [0, 0.05) is 11.1 Å². The normalized spacial score (nSPS) is 12.8. The number of ketones is 2. The highest BCUT2D eigenvalue weighted by Gasteiger charge is 2.40. The standard InChI is InChI=1S/C18H15N2O2.HI/c1-3-20-10-19(2)15-16(20)18(22)14-9-12-7-5-4-6-11(12)8-13(14)17(15)21;/h4-10H,3H2,1-2H3;1H/q+1;/p-1. The van der Waals surface area contributed by atoms with Gasteiger partial charge in [0.05, 0.1) is 13.6 Å². The summed E-state index contributed by atoms with van der Waals surface area (Å²) in [7, 11) is 1.81. The minimum Gasteiger partial charge on any atom is -1.00 e. The Morgan fingerprint density at radius 1 is 1.00 bits per heavy atom. The third-order valence-corrected chi connectivity index (χ3v) is 4.32. The number of imidazole rings is 1. The van der Waals surface area contributed by atoms with Gasteiger partial charge in [0.1, 0.15) is 0 Å². The molecule has 1 heterocycles. The zero-order valence-corrected chi connectivity index (χ0v) is 15.0. The predicted octanol–water partition coefficient (Wildman–Crippen LogP) is -0.735. The molecule has 0 amide bonds. The molecule has 1 aliphatic carbocycles. The Morgan fingerprint density at radius 2 is 1.57 bits per heavy atom. The Kier molecular flexibility index (Phi) is 3.83. The van der Waals surface area contributed by atoms with E-state index >= 15 is 0 Å². The van der Waals surface area contributed by atoms with Crippen LogP contribution in [-0.4, -0.2) is 16.1 Å². The van der Waals surface area contributed by atoms with Crippen LogP contribution in [0.25, 0.3) is 10.8 Å². The highest BCUT2D eigenvalue weighted by Crippen LogP contribution is 2.29. The first kappa shape index (κ1) is 15.9. The maximum absolute atomic E-state index is 12.9. The first-order chi connectivity index (χ1) is 10.6. The molecule has 2 aromatic carbocycles.